The van der Waals surface area contributed by atoms with E-state index in [1.807, 2.05) is 62.4 Å². The molecule has 0 spiro atoms. The topological polar surface area (TPSA) is 62.7 Å². The average molecular weight is 311 g/mol. The number of methoxy groups -OCH3 is 1. The van der Waals surface area contributed by atoms with Crippen LogP contribution in [0.5, 0.6) is 5.75 Å². The SMILES string of the molecule is COc1ccccc1NCC(=O)NN=C(C)c1ccc(C)cc1. The van der Waals surface area contributed by atoms with Gasteiger partial charge in [0.1, 0.15) is 5.75 Å². The molecule has 0 radical (unpaired) electrons. The van der Waals surface area contributed by atoms with E-state index in [2.05, 4.69) is 15.8 Å². The van der Waals surface area contributed by atoms with Gasteiger partial charge in [-0.05, 0) is 31.5 Å². The number of para-hydroxylation sites is 2. The number of hydrogen-bond donors (Lipinski definition) is 2. The molecule has 0 heterocycles. The molecule has 0 aliphatic heterocycles. The van der Waals surface area contributed by atoms with E-state index >= 15 is 0 Å². The lowest BCUT2D eigenvalue weighted by Gasteiger charge is -2.10. The molecule has 0 fully saturated rings. The van der Waals surface area contributed by atoms with Crippen LogP contribution in [0.15, 0.2) is 53.6 Å². The number of nitrogens with zero attached hydrogens (tertiary/aromatic N) is 1. The van der Waals surface area contributed by atoms with Crippen LogP contribution in [0.4, 0.5) is 5.69 Å². The molecule has 0 atom stereocenters. The Bertz CT molecular complexity index is 694. The monoisotopic (exact) mass is 311 g/mol. The molecule has 0 bridgehead atoms. The van der Waals surface area contributed by atoms with Gasteiger partial charge in [0.2, 0.25) is 0 Å². The van der Waals surface area contributed by atoms with Crippen LogP contribution in [-0.4, -0.2) is 25.3 Å². The van der Waals surface area contributed by atoms with E-state index < -0.39 is 0 Å². The second kappa shape index (κ2) is 7.98. The molecule has 0 saturated heterocycles. The van der Waals surface area contributed by atoms with Crippen LogP contribution in [0, 0.1) is 6.92 Å². The van der Waals surface area contributed by atoms with Crippen molar-refractivity contribution in [3.8, 4) is 5.75 Å². The lowest BCUT2D eigenvalue weighted by Crippen LogP contribution is -2.26. The minimum atomic E-state index is -0.220. The van der Waals surface area contributed by atoms with Crippen molar-refractivity contribution in [2.45, 2.75) is 13.8 Å². The molecule has 5 heteroatoms. The Morgan fingerprint density at radius 3 is 2.52 bits per heavy atom. The summed E-state index contributed by atoms with van der Waals surface area (Å²) in [6.45, 7) is 4.01. The van der Waals surface area contributed by atoms with Gasteiger partial charge in [-0.1, -0.05) is 42.0 Å². The molecule has 2 rings (SSSR count). The Kier molecular flexibility index (Phi) is 5.74. The molecule has 0 aliphatic carbocycles. The van der Waals surface area contributed by atoms with Crippen LogP contribution < -0.4 is 15.5 Å². The van der Waals surface area contributed by atoms with Crippen LogP contribution in [0.2, 0.25) is 0 Å². The highest BCUT2D eigenvalue weighted by Gasteiger charge is 2.04. The van der Waals surface area contributed by atoms with E-state index in [1.165, 1.54) is 5.56 Å². The summed E-state index contributed by atoms with van der Waals surface area (Å²) in [5.41, 5.74) is 6.24. The summed E-state index contributed by atoms with van der Waals surface area (Å²) in [4.78, 5) is 11.9. The second-order valence-electron chi connectivity index (χ2n) is 5.15. The number of benzene rings is 2. The van der Waals surface area contributed by atoms with Gasteiger partial charge >= 0.3 is 0 Å². The summed E-state index contributed by atoms with van der Waals surface area (Å²) >= 11 is 0. The van der Waals surface area contributed by atoms with Gasteiger partial charge in [0, 0.05) is 0 Å². The number of aryl methyl sites for hydroxylation is 1. The van der Waals surface area contributed by atoms with Crippen LogP contribution in [0.1, 0.15) is 18.1 Å². The lowest BCUT2D eigenvalue weighted by atomic mass is 10.1. The summed E-state index contributed by atoms with van der Waals surface area (Å²) < 4.78 is 5.22. The van der Waals surface area contributed by atoms with E-state index in [0.717, 1.165) is 17.0 Å². The first kappa shape index (κ1) is 16.5. The Morgan fingerprint density at radius 2 is 1.83 bits per heavy atom. The molecular formula is C18H21N3O2. The number of hydrogen-bond acceptors (Lipinski definition) is 4. The van der Waals surface area contributed by atoms with E-state index in [0.29, 0.717) is 5.75 Å². The molecule has 2 aromatic carbocycles. The number of nitrogens with one attached hydrogen (secondary N) is 2. The zero-order chi connectivity index (χ0) is 16.7. The van der Waals surface area contributed by atoms with E-state index in [-0.39, 0.29) is 12.5 Å². The molecule has 0 saturated carbocycles. The summed E-state index contributed by atoms with van der Waals surface area (Å²) in [6, 6.07) is 15.4. The van der Waals surface area contributed by atoms with Crippen molar-refractivity contribution < 1.29 is 9.53 Å². The Labute approximate surface area is 136 Å². The number of carbonyl (C=O) groups is 1. The highest BCUT2D eigenvalue weighted by atomic mass is 16.5. The fourth-order valence-corrected chi connectivity index (χ4v) is 2.01. The van der Waals surface area contributed by atoms with E-state index in [9.17, 15) is 4.79 Å². The van der Waals surface area contributed by atoms with Crippen LogP contribution >= 0.6 is 0 Å². The van der Waals surface area contributed by atoms with Gasteiger partial charge in [-0.25, -0.2) is 5.43 Å². The van der Waals surface area contributed by atoms with Crippen molar-refractivity contribution >= 4 is 17.3 Å². The number of anilines is 1. The Balaban J connectivity index is 1.89. The predicted octanol–water partition coefficient (Wildman–Crippen LogP) is 2.96. The Hall–Kier alpha value is -2.82. The van der Waals surface area contributed by atoms with Crippen LogP contribution in [0.25, 0.3) is 0 Å². The smallest absolute Gasteiger partial charge is 0.259 e. The number of ether oxygens (including phenoxy) is 1. The fraction of sp³-hybridized carbons (Fsp3) is 0.222. The first-order valence-corrected chi connectivity index (χ1v) is 7.37. The Morgan fingerprint density at radius 1 is 1.13 bits per heavy atom. The maximum atomic E-state index is 11.9. The molecule has 0 aromatic heterocycles. The van der Waals surface area contributed by atoms with E-state index in [4.69, 9.17) is 4.74 Å². The zero-order valence-corrected chi connectivity index (χ0v) is 13.6. The standard InChI is InChI=1S/C18H21N3O2/c1-13-8-10-15(11-9-13)14(2)20-21-18(22)12-19-16-6-4-5-7-17(16)23-3/h4-11,19H,12H2,1-3H3,(H,21,22). The highest BCUT2D eigenvalue weighted by Crippen LogP contribution is 2.22. The largest absolute Gasteiger partial charge is 0.495 e. The third-order valence-electron chi connectivity index (χ3n) is 3.36. The van der Waals surface area contributed by atoms with Gasteiger partial charge in [-0.2, -0.15) is 5.10 Å². The van der Waals surface area contributed by atoms with Crippen molar-refractivity contribution in [1.82, 2.24) is 5.43 Å². The minimum Gasteiger partial charge on any atom is -0.495 e. The van der Waals surface area contributed by atoms with Crippen LogP contribution in [-0.2, 0) is 4.79 Å². The van der Waals surface area contributed by atoms with Gasteiger partial charge in [0.25, 0.3) is 5.91 Å². The second-order valence-corrected chi connectivity index (χ2v) is 5.15. The third kappa shape index (κ3) is 4.85. The molecule has 0 unspecified atom stereocenters. The van der Waals surface area contributed by atoms with Gasteiger partial charge < -0.3 is 10.1 Å². The first-order valence-electron chi connectivity index (χ1n) is 7.37. The number of rotatable bonds is 6. The summed E-state index contributed by atoms with van der Waals surface area (Å²) in [5, 5.41) is 7.15. The predicted molar refractivity (Wildman–Crippen MR) is 93.0 cm³/mol. The van der Waals surface area contributed by atoms with Gasteiger partial charge in [-0.15, -0.1) is 0 Å². The first-order chi connectivity index (χ1) is 11.1. The van der Waals surface area contributed by atoms with Crippen LogP contribution in [0.3, 0.4) is 0 Å². The van der Waals surface area contributed by atoms with Gasteiger partial charge in [0.15, 0.2) is 0 Å². The summed E-state index contributed by atoms with van der Waals surface area (Å²) in [6.07, 6.45) is 0. The highest BCUT2D eigenvalue weighted by molar-refractivity contribution is 5.99. The van der Waals surface area contributed by atoms with Gasteiger partial charge in [-0.3, -0.25) is 4.79 Å². The summed E-state index contributed by atoms with van der Waals surface area (Å²) in [7, 11) is 1.59. The zero-order valence-electron chi connectivity index (χ0n) is 13.6. The fourth-order valence-electron chi connectivity index (χ4n) is 2.01. The lowest BCUT2D eigenvalue weighted by molar-refractivity contribution is -0.119. The number of amides is 1. The number of hydrazone groups is 1. The maximum absolute atomic E-state index is 11.9. The quantitative estimate of drug-likeness (QED) is 0.637. The van der Waals surface area contributed by atoms with Crippen molar-refractivity contribution in [1.29, 1.82) is 0 Å². The van der Waals surface area contributed by atoms with Crippen molar-refractivity contribution in [3.05, 3.63) is 59.7 Å². The third-order valence-corrected chi connectivity index (χ3v) is 3.36. The molecule has 0 aliphatic rings. The molecule has 23 heavy (non-hydrogen) atoms. The molecule has 2 aromatic rings. The van der Waals surface area contributed by atoms with Crippen molar-refractivity contribution in [2.75, 3.05) is 19.0 Å². The molecule has 1 amide bonds. The minimum absolute atomic E-state index is 0.116. The molecule has 120 valence electrons. The van der Waals surface area contributed by atoms with Gasteiger partial charge in [0.05, 0.1) is 25.1 Å². The number of carbonyl (C=O) groups excluding carboxylic acids is 1. The van der Waals surface area contributed by atoms with Crippen molar-refractivity contribution in [2.24, 2.45) is 5.10 Å². The summed E-state index contributed by atoms with van der Waals surface area (Å²) in [5.74, 6) is 0.474. The average Bonchev–Trinajstić information content (AvgIpc) is 2.58. The normalized spacial score (nSPS) is 11.0. The van der Waals surface area contributed by atoms with E-state index in [1.54, 1.807) is 7.11 Å². The molecule has 2 N–H and O–H groups in total. The maximum Gasteiger partial charge on any atom is 0.259 e. The molecular weight excluding hydrogens is 290 g/mol. The van der Waals surface area contributed by atoms with Crippen molar-refractivity contribution in [3.63, 3.8) is 0 Å². The molecule has 5 nitrogen and oxygen atoms in total.